The molecule has 0 saturated carbocycles. The summed E-state index contributed by atoms with van der Waals surface area (Å²) in [6, 6.07) is 7.43. The second kappa shape index (κ2) is 8.85. The molecule has 10 heteroatoms. The maximum atomic E-state index is 15.1. The van der Waals surface area contributed by atoms with Crippen LogP contribution in [-0.4, -0.2) is 49.9 Å². The zero-order valence-electron chi connectivity index (χ0n) is 18.8. The van der Waals surface area contributed by atoms with Crippen molar-refractivity contribution in [2.24, 2.45) is 5.92 Å². The molecule has 1 aliphatic rings. The Morgan fingerprint density at radius 1 is 1.21 bits per heavy atom. The summed E-state index contributed by atoms with van der Waals surface area (Å²) in [6.07, 6.45) is 4.68. The van der Waals surface area contributed by atoms with Gasteiger partial charge in [0, 0.05) is 19.2 Å². The van der Waals surface area contributed by atoms with Crippen molar-refractivity contribution < 1.29 is 18.0 Å². The number of hydrogen-bond donors (Lipinski definition) is 1. The van der Waals surface area contributed by atoms with Crippen LogP contribution in [0.5, 0.6) is 0 Å². The number of halogens is 2. The van der Waals surface area contributed by atoms with Crippen LogP contribution in [0, 0.1) is 24.5 Å². The van der Waals surface area contributed by atoms with E-state index in [0.29, 0.717) is 29.8 Å². The van der Waals surface area contributed by atoms with Gasteiger partial charge in [-0.25, -0.2) is 8.78 Å². The minimum Gasteiger partial charge on any atom is -0.424 e. The van der Waals surface area contributed by atoms with Crippen LogP contribution in [0.2, 0.25) is 0 Å². The van der Waals surface area contributed by atoms with Crippen molar-refractivity contribution in [3.8, 4) is 5.69 Å². The van der Waals surface area contributed by atoms with E-state index in [1.165, 1.54) is 30.6 Å². The molecule has 2 atom stereocenters. The van der Waals surface area contributed by atoms with Crippen molar-refractivity contribution in [3.05, 3.63) is 65.5 Å². The van der Waals surface area contributed by atoms with Crippen LogP contribution < -0.4 is 5.32 Å². The first-order valence-electron chi connectivity index (χ1n) is 11.2. The molecule has 0 spiro atoms. The van der Waals surface area contributed by atoms with Gasteiger partial charge in [-0.3, -0.25) is 4.79 Å². The smallest absolute Gasteiger partial charge is 0.295 e. The highest BCUT2D eigenvalue weighted by Crippen LogP contribution is 2.29. The first-order chi connectivity index (χ1) is 16.4. The molecule has 0 bridgehead atoms. The third-order valence-corrected chi connectivity index (χ3v) is 6.35. The molecule has 0 radical (unpaired) electrons. The summed E-state index contributed by atoms with van der Waals surface area (Å²) in [5, 5.41) is 11.3. The van der Waals surface area contributed by atoms with Gasteiger partial charge < -0.3 is 14.6 Å². The number of carbonyl (C=O) groups excluding carboxylic acids is 1. The number of nitrogens with zero attached hydrogens (tertiary/aromatic N) is 5. The molecule has 1 aliphatic heterocycles. The second-order valence-electron chi connectivity index (χ2n) is 8.61. The van der Waals surface area contributed by atoms with E-state index in [-0.39, 0.29) is 35.1 Å². The Bertz CT molecular complexity index is 1340. The van der Waals surface area contributed by atoms with Gasteiger partial charge in [0.05, 0.1) is 24.0 Å². The van der Waals surface area contributed by atoms with Crippen LogP contribution in [0.25, 0.3) is 16.8 Å². The summed E-state index contributed by atoms with van der Waals surface area (Å²) in [6.45, 7) is 4.64. The Kier molecular flexibility index (Phi) is 5.72. The number of anilines is 1. The van der Waals surface area contributed by atoms with Crippen LogP contribution in [-0.2, 0) is 0 Å². The van der Waals surface area contributed by atoms with Gasteiger partial charge in [0.1, 0.15) is 17.0 Å². The molecule has 176 valence electrons. The lowest BCUT2D eigenvalue weighted by atomic mass is 9.90. The Labute approximate surface area is 194 Å². The van der Waals surface area contributed by atoms with Gasteiger partial charge in [-0.1, -0.05) is 13.0 Å². The normalized spacial score (nSPS) is 18.4. The predicted molar refractivity (Wildman–Crippen MR) is 122 cm³/mol. The summed E-state index contributed by atoms with van der Waals surface area (Å²) in [7, 11) is 0. The number of piperidine rings is 1. The number of oxazole rings is 1. The summed E-state index contributed by atoms with van der Waals surface area (Å²) in [4.78, 5) is 20.9. The number of carbonyl (C=O) groups is 1. The highest BCUT2D eigenvalue weighted by atomic mass is 19.1. The zero-order chi connectivity index (χ0) is 23.8. The van der Waals surface area contributed by atoms with E-state index in [2.05, 4.69) is 27.4 Å². The monoisotopic (exact) mass is 466 g/mol. The van der Waals surface area contributed by atoms with Gasteiger partial charge in [-0.2, -0.15) is 15.2 Å². The van der Waals surface area contributed by atoms with Gasteiger partial charge in [0.15, 0.2) is 11.4 Å². The number of fused-ring (bicyclic) bond motifs is 1. The summed E-state index contributed by atoms with van der Waals surface area (Å²) < 4.78 is 34.2. The number of likely N-dealkylation sites (tertiary alicyclic amines) is 1. The largest absolute Gasteiger partial charge is 0.424 e. The Hall–Kier alpha value is -3.82. The molecule has 8 nitrogen and oxygen atoms in total. The standard InChI is InChI=1S/C24H24F2N6O2/c1-14-4-3-11-31(19(14)13-27-24-30-18-12-16(25)6-8-20(18)34-24)23(33)17-7-5-15(2)21(26)22(17)32-28-9-10-29-32/h5-10,12,14,19H,3-4,11,13H2,1-2H3,(H,27,30)/t14-,19-/m1/s1. The first-order valence-corrected chi connectivity index (χ1v) is 11.2. The maximum absolute atomic E-state index is 15.1. The van der Waals surface area contributed by atoms with E-state index in [0.717, 1.165) is 17.6 Å². The van der Waals surface area contributed by atoms with E-state index in [4.69, 9.17) is 4.42 Å². The number of amides is 1. The lowest BCUT2D eigenvalue weighted by Gasteiger charge is -2.40. The quantitative estimate of drug-likeness (QED) is 0.471. The summed E-state index contributed by atoms with van der Waals surface area (Å²) >= 11 is 0. The molecular formula is C24H24F2N6O2. The molecule has 34 heavy (non-hydrogen) atoms. The van der Waals surface area contributed by atoms with Crippen molar-refractivity contribution in [1.82, 2.24) is 24.9 Å². The van der Waals surface area contributed by atoms with Crippen LogP contribution in [0.1, 0.15) is 35.7 Å². The highest BCUT2D eigenvalue weighted by molar-refractivity contribution is 5.98. The van der Waals surface area contributed by atoms with E-state index in [1.807, 2.05) is 0 Å². The highest BCUT2D eigenvalue weighted by Gasteiger charge is 2.34. The van der Waals surface area contributed by atoms with Crippen molar-refractivity contribution in [3.63, 3.8) is 0 Å². The third kappa shape index (κ3) is 4.00. The maximum Gasteiger partial charge on any atom is 0.295 e. The third-order valence-electron chi connectivity index (χ3n) is 6.35. The minimum absolute atomic E-state index is 0.0425. The lowest BCUT2D eigenvalue weighted by molar-refractivity contribution is 0.0538. The van der Waals surface area contributed by atoms with Crippen LogP contribution in [0.4, 0.5) is 14.8 Å². The fraction of sp³-hybridized carbons (Fsp3) is 0.333. The van der Waals surface area contributed by atoms with Crippen molar-refractivity contribution in [2.75, 3.05) is 18.4 Å². The lowest BCUT2D eigenvalue weighted by Crippen LogP contribution is -2.51. The molecule has 2 aromatic heterocycles. The number of benzene rings is 2. The fourth-order valence-corrected chi connectivity index (χ4v) is 4.50. The average Bonchev–Trinajstić information content (AvgIpc) is 3.49. The molecule has 1 amide bonds. The van der Waals surface area contributed by atoms with E-state index in [9.17, 15) is 9.18 Å². The molecule has 4 aromatic rings. The summed E-state index contributed by atoms with van der Waals surface area (Å²) in [5.74, 6) is -1.02. The van der Waals surface area contributed by atoms with Crippen molar-refractivity contribution in [2.45, 2.75) is 32.7 Å². The van der Waals surface area contributed by atoms with Gasteiger partial charge in [0.2, 0.25) is 0 Å². The Morgan fingerprint density at radius 2 is 2.00 bits per heavy atom. The Balaban J connectivity index is 1.43. The zero-order valence-corrected chi connectivity index (χ0v) is 18.8. The molecule has 3 heterocycles. The second-order valence-corrected chi connectivity index (χ2v) is 8.61. The predicted octanol–water partition coefficient (Wildman–Crippen LogP) is 4.35. The number of hydrogen-bond acceptors (Lipinski definition) is 6. The van der Waals surface area contributed by atoms with Gasteiger partial charge >= 0.3 is 0 Å². The van der Waals surface area contributed by atoms with Gasteiger partial charge in [-0.15, -0.1) is 4.80 Å². The van der Waals surface area contributed by atoms with Crippen LogP contribution >= 0.6 is 0 Å². The molecular weight excluding hydrogens is 442 g/mol. The molecule has 0 unspecified atom stereocenters. The molecule has 1 saturated heterocycles. The number of aromatic nitrogens is 4. The molecule has 1 N–H and O–H groups in total. The van der Waals surface area contributed by atoms with E-state index < -0.39 is 11.6 Å². The van der Waals surface area contributed by atoms with E-state index >= 15 is 4.39 Å². The molecule has 0 aliphatic carbocycles. The average molecular weight is 466 g/mol. The number of nitrogens with one attached hydrogen (secondary N) is 1. The molecule has 1 fully saturated rings. The molecule has 2 aromatic carbocycles. The minimum atomic E-state index is -0.527. The van der Waals surface area contributed by atoms with E-state index in [1.54, 1.807) is 24.0 Å². The van der Waals surface area contributed by atoms with Crippen LogP contribution in [0.15, 0.2) is 47.1 Å². The van der Waals surface area contributed by atoms with Crippen molar-refractivity contribution >= 4 is 23.0 Å². The van der Waals surface area contributed by atoms with Crippen molar-refractivity contribution in [1.29, 1.82) is 0 Å². The summed E-state index contributed by atoms with van der Waals surface area (Å²) in [5.41, 5.74) is 1.54. The van der Waals surface area contributed by atoms with Gasteiger partial charge in [0.25, 0.3) is 11.9 Å². The number of rotatable bonds is 5. The van der Waals surface area contributed by atoms with Gasteiger partial charge in [-0.05, 0) is 49.4 Å². The topological polar surface area (TPSA) is 89.1 Å². The first kappa shape index (κ1) is 22.0. The van der Waals surface area contributed by atoms with Crippen LogP contribution in [0.3, 0.4) is 0 Å². The fourth-order valence-electron chi connectivity index (χ4n) is 4.50. The number of aryl methyl sites for hydroxylation is 1. The Morgan fingerprint density at radius 3 is 2.79 bits per heavy atom. The SMILES string of the molecule is Cc1ccc(C(=O)N2CCC[C@@H](C)[C@H]2CNc2nc3cc(F)ccc3o2)c(-n2nccn2)c1F. The molecule has 5 rings (SSSR count).